The Labute approximate surface area is 197 Å². The molecule has 34 heavy (non-hydrogen) atoms. The number of rotatable bonds is 5. The first-order valence-corrected chi connectivity index (χ1v) is 11.4. The Morgan fingerprint density at radius 2 is 1.74 bits per heavy atom. The van der Waals surface area contributed by atoms with Crippen LogP contribution in [0.2, 0.25) is 0 Å². The number of ether oxygens (including phenoxy) is 1. The van der Waals surface area contributed by atoms with Crippen LogP contribution in [0.3, 0.4) is 0 Å². The lowest BCUT2D eigenvalue weighted by Crippen LogP contribution is -2.60. The number of nitrogens with zero attached hydrogens (tertiary/aromatic N) is 2. The first kappa shape index (κ1) is 24.1. The summed E-state index contributed by atoms with van der Waals surface area (Å²) in [5.41, 5.74) is 1.74. The summed E-state index contributed by atoms with van der Waals surface area (Å²) in [6.07, 6.45) is -2.47. The minimum atomic E-state index is -1.70. The van der Waals surface area contributed by atoms with Crippen LogP contribution >= 0.6 is 0 Å². The number of aliphatic hydroxyl groups excluding tert-OH is 4. The number of amides is 1. The number of benzene rings is 2. The summed E-state index contributed by atoms with van der Waals surface area (Å²) in [4.78, 5) is 14.9. The lowest BCUT2D eigenvalue weighted by Gasteiger charge is -2.38. The third-order valence-corrected chi connectivity index (χ3v) is 6.40. The van der Waals surface area contributed by atoms with Gasteiger partial charge in [0.15, 0.2) is 6.29 Å². The van der Waals surface area contributed by atoms with Crippen molar-refractivity contribution in [2.24, 2.45) is 0 Å². The maximum atomic E-state index is 12.5. The molecule has 5 N–H and O–H groups in total. The van der Waals surface area contributed by atoms with Crippen molar-refractivity contribution in [2.45, 2.75) is 50.0 Å². The first-order valence-electron chi connectivity index (χ1n) is 11.4. The topological polar surface area (TPSA) is 146 Å². The van der Waals surface area contributed by atoms with Crippen molar-refractivity contribution in [3.8, 4) is 6.07 Å². The van der Waals surface area contributed by atoms with E-state index in [1.54, 1.807) is 0 Å². The summed E-state index contributed by atoms with van der Waals surface area (Å²) in [5.74, 6) is -0.686. The van der Waals surface area contributed by atoms with Crippen LogP contribution in [0.1, 0.15) is 24.8 Å². The highest BCUT2D eigenvalue weighted by Crippen LogP contribution is 2.26. The molecule has 180 valence electrons. The van der Waals surface area contributed by atoms with E-state index in [9.17, 15) is 30.5 Å². The number of carbonyl (C=O) groups excluding carboxylic acids is 1. The van der Waals surface area contributed by atoms with Gasteiger partial charge in [-0.25, -0.2) is 0 Å². The van der Waals surface area contributed by atoms with E-state index in [1.807, 2.05) is 30.3 Å². The van der Waals surface area contributed by atoms with Crippen LogP contribution in [-0.2, 0) is 9.53 Å². The normalized spacial score (nSPS) is 27.9. The van der Waals surface area contributed by atoms with E-state index < -0.39 is 36.6 Å². The summed E-state index contributed by atoms with van der Waals surface area (Å²) < 4.78 is 5.04. The van der Waals surface area contributed by atoms with E-state index in [0.29, 0.717) is 5.56 Å². The minimum Gasteiger partial charge on any atom is -0.388 e. The molecule has 0 aliphatic carbocycles. The van der Waals surface area contributed by atoms with Crippen molar-refractivity contribution in [1.29, 1.82) is 5.26 Å². The summed E-state index contributed by atoms with van der Waals surface area (Å²) in [7, 11) is 0. The number of aliphatic hydroxyl groups is 4. The molecule has 2 aliphatic heterocycles. The number of nitrogens with one attached hydrogen (secondary N) is 1. The SMILES string of the molecule is N#C/C(=C\c1ccc2cc(N3CCCCC3)ccc2c1)C(=O)NC[C@H]1OC(O)[C@H](O)[C@@H](O)[C@@H]1O. The molecule has 2 fully saturated rings. The number of hydrogen-bond acceptors (Lipinski definition) is 8. The first-order chi connectivity index (χ1) is 16.4. The van der Waals surface area contributed by atoms with Crippen molar-refractivity contribution in [2.75, 3.05) is 24.5 Å². The zero-order chi connectivity index (χ0) is 24.2. The molecule has 1 amide bonds. The summed E-state index contributed by atoms with van der Waals surface area (Å²) in [6, 6.07) is 13.9. The lowest BCUT2D eigenvalue weighted by atomic mass is 9.99. The molecule has 2 saturated heterocycles. The van der Waals surface area contributed by atoms with Gasteiger partial charge in [0.1, 0.15) is 36.1 Å². The summed E-state index contributed by atoms with van der Waals surface area (Å²) >= 11 is 0. The molecule has 9 nitrogen and oxygen atoms in total. The fourth-order valence-corrected chi connectivity index (χ4v) is 4.39. The highest BCUT2D eigenvalue weighted by Gasteiger charge is 2.42. The van der Waals surface area contributed by atoms with Crippen LogP contribution in [0.5, 0.6) is 0 Å². The fourth-order valence-electron chi connectivity index (χ4n) is 4.39. The molecule has 0 bridgehead atoms. The molecule has 2 aromatic carbocycles. The number of nitriles is 1. The second kappa shape index (κ2) is 10.5. The predicted molar refractivity (Wildman–Crippen MR) is 126 cm³/mol. The monoisotopic (exact) mass is 467 g/mol. The van der Waals surface area contributed by atoms with Crippen LogP contribution < -0.4 is 10.2 Å². The zero-order valence-corrected chi connectivity index (χ0v) is 18.7. The second-order valence-electron chi connectivity index (χ2n) is 8.76. The molecule has 5 atom stereocenters. The number of hydrogen-bond donors (Lipinski definition) is 5. The average molecular weight is 468 g/mol. The highest BCUT2D eigenvalue weighted by molar-refractivity contribution is 6.02. The van der Waals surface area contributed by atoms with Crippen molar-refractivity contribution >= 4 is 28.4 Å². The Morgan fingerprint density at radius 3 is 2.47 bits per heavy atom. The maximum Gasteiger partial charge on any atom is 0.262 e. The largest absolute Gasteiger partial charge is 0.388 e. The molecule has 0 spiro atoms. The molecular formula is C25H29N3O6. The van der Waals surface area contributed by atoms with Crippen molar-refractivity contribution in [3.63, 3.8) is 0 Å². The van der Waals surface area contributed by atoms with E-state index in [0.717, 1.165) is 23.9 Å². The van der Waals surface area contributed by atoms with E-state index >= 15 is 0 Å². The number of piperidine rings is 1. The molecule has 2 aromatic rings. The Balaban J connectivity index is 1.44. The summed E-state index contributed by atoms with van der Waals surface area (Å²) in [5, 5.41) is 52.9. The average Bonchev–Trinajstić information content (AvgIpc) is 2.87. The summed E-state index contributed by atoms with van der Waals surface area (Å²) in [6.45, 7) is 1.86. The minimum absolute atomic E-state index is 0.143. The third kappa shape index (κ3) is 5.22. The smallest absolute Gasteiger partial charge is 0.262 e. The van der Waals surface area contributed by atoms with Crippen LogP contribution in [-0.4, -0.2) is 76.7 Å². The van der Waals surface area contributed by atoms with Crippen molar-refractivity contribution in [1.82, 2.24) is 5.32 Å². The van der Waals surface area contributed by atoms with E-state index in [-0.39, 0.29) is 12.1 Å². The van der Waals surface area contributed by atoms with Gasteiger partial charge in [-0.1, -0.05) is 18.2 Å². The van der Waals surface area contributed by atoms with Gasteiger partial charge in [-0.05, 0) is 59.9 Å². The van der Waals surface area contributed by atoms with Crippen LogP contribution in [0.25, 0.3) is 16.8 Å². The van der Waals surface area contributed by atoms with Gasteiger partial charge in [-0.2, -0.15) is 5.26 Å². The number of anilines is 1. The molecule has 0 radical (unpaired) electrons. The van der Waals surface area contributed by atoms with E-state index in [2.05, 4.69) is 22.3 Å². The number of fused-ring (bicyclic) bond motifs is 1. The molecule has 2 heterocycles. The predicted octanol–water partition coefficient (Wildman–Crippen LogP) is 0.653. The standard InChI is InChI=1S/C25H29N3O6/c26-13-18(24(32)27-14-20-21(29)22(30)23(31)25(33)34-20)11-15-4-5-17-12-19(7-6-16(17)10-15)28-8-2-1-3-9-28/h4-7,10-12,20-23,25,29-31,33H,1-3,8-9,14H2,(H,27,32)/b18-11+/t20-,21-,22+,23-,25?/m1/s1. The van der Waals surface area contributed by atoms with Crippen LogP contribution in [0.4, 0.5) is 5.69 Å². The van der Waals surface area contributed by atoms with Gasteiger partial charge in [0.25, 0.3) is 5.91 Å². The Kier molecular flexibility index (Phi) is 7.46. The number of carbonyl (C=O) groups is 1. The van der Waals surface area contributed by atoms with Gasteiger partial charge < -0.3 is 35.4 Å². The molecule has 4 rings (SSSR count). The molecule has 0 aromatic heterocycles. The third-order valence-electron chi connectivity index (χ3n) is 6.40. The van der Waals surface area contributed by atoms with Gasteiger partial charge >= 0.3 is 0 Å². The van der Waals surface area contributed by atoms with Gasteiger partial charge in [-0.15, -0.1) is 0 Å². The van der Waals surface area contributed by atoms with Gasteiger partial charge in [0, 0.05) is 25.3 Å². The molecule has 1 unspecified atom stereocenters. The Bertz CT molecular complexity index is 1110. The fraction of sp³-hybridized carbons (Fsp3) is 0.440. The highest BCUT2D eigenvalue weighted by atomic mass is 16.6. The van der Waals surface area contributed by atoms with Gasteiger partial charge in [0.2, 0.25) is 0 Å². The molecule has 9 heteroatoms. The maximum absolute atomic E-state index is 12.5. The quantitative estimate of drug-likeness (QED) is 0.318. The van der Waals surface area contributed by atoms with Gasteiger partial charge in [0.05, 0.1) is 0 Å². The zero-order valence-electron chi connectivity index (χ0n) is 18.7. The molecule has 0 saturated carbocycles. The Morgan fingerprint density at radius 1 is 1.03 bits per heavy atom. The van der Waals surface area contributed by atoms with Crippen LogP contribution in [0.15, 0.2) is 42.0 Å². The molecular weight excluding hydrogens is 438 g/mol. The van der Waals surface area contributed by atoms with Crippen molar-refractivity contribution < 1.29 is 30.0 Å². The van der Waals surface area contributed by atoms with E-state index in [4.69, 9.17) is 4.74 Å². The van der Waals surface area contributed by atoms with E-state index in [1.165, 1.54) is 31.0 Å². The Hall–Kier alpha value is -3.00. The lowest BCUT2D eigenvalue weighted by molar-refractivity contribution is -0.280. The van der Waals surface area contributed by atoms with Crippen molar-refractivity contribution in [3.05, 3.63) is 47.5 Å². The van der Waals surface area contributed by atoms with Crippen LogP contribution in [0, 0.1) is 11.3 Å². The second-order valence-corrected chi connectivity index (χ2v) is 8.76. The molecule has 2 aliphatic rings. The van der Waals surface area contributed by atoms with Gasteiger partial charge in [-0.3, -0.25) is 4.79 Å².